The summed E-state index contributed by atoms with van der Waals surface area (Å²) in [5.74, 6) is -0.479. The molecule has 1 rings (SSSR count). The van der Waals surface area contributed by atoms with E-state index in [1.54, 1.807) is 12.1 Å². The van der Waals surface area contributed by atoms with Crippen LogP contribution in [0.4, 0.5) is 0 Å². The Morgan fingerprint density at radius 3 is 2.59 bits per heavy atom. The van der Waals surface area contributed by atoms with Crippen LogP contribution in [0.5, 0.6) is 5.75 Å². The fourth-order valence-corrected chi connectivity index (χ4v) is 1.18. The van der Waals surface area contributed by atoms with Crippen LogP contribution in [0.15, 0.2) is 30.3 Å². The number of aliphatic carboxylic acids is 1. The number of hydrogen-bond donors (Lipinski definition) is 2. The van der Waals surface area contributed by atoms with Gasteiger partial charge < -0.3 is 15.2 Å². The van der Waals surface area contributed by atoms with Crippen molar-refractivity contribution in [2.75, 3.05) is 13.2 Å². The van der Waals surface area contributed by atoms with Gasteiger partial charge in [0, 0.05) is 13.0 Å². The zero-order chi connectivity index (χ0) is 12.5. The third-order valence-electron chi connectivity index (χ3n) is 2.00. The molecule has 0 fully saturated rings. The fourth-order valence-electron chi connectivity index (χ4n) is 1.18. The smallest absolute Gasteiger partial charge is 0.303 e. The molecule has 0 aliphatic carbocycles. The minimum atomic E-state index is -0.861. The molecule has 1 aromatic rings. The van der Waals surface area contributed by atoms with E-state index < -0.39 is 5.97 Å². The number of carbonyl (C=O) groups excluding carboxylic acids is 1. The molecule has 0 radical (unpaired) electrons. The van der Waals surface area contributed by atoms with E-state index in [9.17, 15) is 9.59 Å². The van der Waals surface area contributed by atoms with Crippen molar-refractivity contribution in [1.29, 1.82) is 0 Å². The third-order valence-corrected chi connectivity index (χ3v) is 2.00. The molecule has 1 aromatic carbocycles. The first-order valence-corrected chi connectivity index (χ1v) is 5.35. The van der Waals surface area contributed by atoms with Crippen LogP contribution in [-0.2, 0) is 9.59 Å². The Morgan fingerprint density at radius 2 is 1.94 bits per heavy atom. The van der Waals surface area contributed by atoms with Gasteiger partial charge in [0.15, 0.2) is 6.61 Å². The lowest BCUT2D eigenvalue weighted by molar-refractivity contribution is -0.137. The van der Waals surface area contributed by atoms with Crippen LogP contribution in [0.25, 0.3) is 0 Å². The number of para-hydroxylation sites is 1. The first-order valence-electron chi connectivity index (χ1n) is 5.35. The number of hydrogen-bond acceptors (Lipinski definition) is 3. The molecule has 2 N–H and O–H groups in total. The van der Waals surface area contributed by atoms with E-state index in [4.69, 9.17) is 9.84 Å². The largest absolute Gasteiger partial charge is 0.484 e. The molecule has 0 aliphatic heterocycles. The van der Waals surface area contributed by atoms with E-state index in [-0.39, 0.29) is 18.9 Å². The van der Waals surface area contributed by atoms with Gasteiger partial charge in [0.05, 0.1) is 0 Å². The zero-order valence-electron chi connectivity index (χ0n) is 9.39. The van der Waals surface area contributed by atoms with Crippen molar-refractivity contribution in [3.8, 4) is 5.75 Å². The highest BCUT2D eigenvalue weighted by molar-refractivity contribution is 5.77. The summed E-state index contributed by atoms with van der Waals surface area (Å²) in [4.78, 5) is 21.5. The Balaban J connectivity index is 2.11. The second-order valence-corrected chi connectivity index (χ2v) is 3.45. The molecule has 0 atom stereocenters. The molecular weight excluding hydrogens is 222 g/mol. The summed E-state index contributed by atoms with van der Waals surface area (Å²) >= 11 is 0. The monoisotopic (exact) mass is 237 g/mol. The van der Waals surface area contributed by atoms with Crippen LogP contribution in [0.3, 0.4) is 0 Å². The van der Waals surface area contributed by atoms with Crippen LogP contribution in [0, 0.1) is 0 Å². The standard InChI is InChI=1S/C12H15NO4/c14-11(13-8-4-7-12(15)16)9-17-10-5-2-1-3-6-10/h1-3,5-6H,4,7-9H2,(H,13,14)(H,15,16). The van der Waals surface area contributed by atoms with Gasteiger partial charge >= 0.3 is 5.97 Å². The minimum absolute atomic E-state index is 0.0554. The van der Waals surface area contributed by atoms with Crippen LogP contribution >= 0.6 is 0 Å². The summed E-state index contributed by atoms with van der Waals surface area (Å²) in [6.07, 6.45) is 0.478. The normalized spacial score (nSPS) is 9.65. The highest BCUT2D eigenvalue weighted by Crippen LogP contribution is 2.07. The SMILES string of the molecule is O=C(O)CCCNC(=O)COc1ccccc1. The summed E-state index contributed by atoms with van der Waals surface area (Å²) in [6, 6.07) is 9.02. The quantitative estimate of drug-likeness (QED) is 0.695. The predicted molar refractivity (Wildman–Crippen MR) is 61.8 cm³/mol. The van der Waals surface area contributed by atoms with Crippen molar-refractivity contribution in [3.63, 3.8) is 0 Å². The predicted octanol–water partition coefficient (Wildman–Crippen LogP) is 1.05. The molecule has 0 saturated heterocycles. The van der Waals surface area contributed by atoms with Gasteiger partial charge in [-0.3, -0.25) is 9.59 Å². The van der Waals surface area contributed by atoms with Crippen molar-refractivity contribution >= 4 is 11.9 Å². The lowest BCUT2D eigenvalue weighted by Crippen LogP contribution is -2.29. The Labute approximate surface area is 99.4 Å². The first-order chi connectivity index (χ1) is 8.18. The average Bonchev–Trinajstić information content (AvgIpc) is 2.33. The van der Waals surface area contributed by atoms with Gasteiger partial charge in [-0.25, -0.2) is 0 Å². The molecule has 5 heteroatoms. The van der Waals surface area contributed by atoms with Crippen LogP contribution < -0.4 is 10.1 Å². The molecule has 92 valence electrons. The molecule has 0 heterocycles. The van der Waals surface area contributed by atoms with Gasteiger partial charge in [-0.15, -0.1) is 0 Å². The molecule has 0 saturated carbocycles. The number of benzene rings is 1. The van der Waals surface area contributed by atoms with E-state index in [1.807, 2.05) is 18.2 Å². The topological polar surface area (TPSA) is 75.6 Å². The van der Waals surface area contributed by atoms with E-state index >= 15 is 0 Å². The number of amides is 1. The number of carboxylic acids is 1. The second-order valence-electron chi connectivity index (χ2n) is 3.45. The number of carboxylic acid groups (broad SMARTS) is 1. The Hall–Kier alpha value is -2.04. The highest BCUT2D eigenvalue weighted by atomic mass is 16.5. The third kappa shape index (κ3) is 6.19. The fraction of sp³-hybridized carbons (Fsp3) is 0.333. The maximum atomic E-state index is 11.3. The molecule has 5 nitrogen and oxygen atoms in total. The Kier molecular flexibility index (Phi) is 5.57. The molecule has 0 bridgehead atoms. The zero-order valence-corrected chi connectivity index (χ0v) is 9.39. The lowest BCUT2D eigenvalue weighted by Gasteiger charge is -2.06. The molecule has 0 unspecified atom stereocenters. The number of rotatable bonds is 7. The lowest BCUT2D eigenvalue weighted by atomic mass is 10.3. The minimum Gasteiger partial charge on any atom is -0.484 e. The maximum Gasteiger partial charge on any atom is 0.303 e. The number of nitrogens with one attached hydrogen (secondary N) is 1. The van der Waals surface area contributed by atoms with Crippen molar-refractivity contribution < 1.29 is 19.4 Å². The van der Waals surface area contributed by atoms with Gasteiger partial charge in [-0.05, 0) is 18.6 Å². The second kappa shape index (κ2) is 7.27. The number of ether oxygens (including phenoxy) is 1. The van der Waals surface area contributed by atoms with Crippen molar-refractivity contribution in [3.05, 3.63) is 30.3 Å². The summed E-state index contributed by atoms with van der Waals surface area (Å²) in [6.45, 7) is 0.292. The van der Waals surface area contributed by atoms with E-state index in [1.165, 1.54) is 0 Å². The van der Waals surface area contributed by atoms with Gasteiger partial charge in [0.25, 0.3) is 5.91 Å². The molecule has 1 amide bonds. The van der Waals surface area contributed by atoms with Crippen molar-refractivity contribution in [2.45, 2.75) is 12.8 Å². The summed E-state index contributed by atoms with van der Waals surface area (Å²) in [5.41, 5.74) is 0. The summed E-state index contributed by atoms with van der Waals surface area (Å²) in [5, 5.41) is 11.0. The van der Waals surface area contributed by atoms with E-state index in [0.717, 1.165) is 0 Å². The first kappa shape index (κ1) is 13.0. The maximum absolute atomic E-state index is 11.3. The van der Waals surface area contributed by atoms with Crippen LogP contribution in [-0.4, -0.2) is 30.1 Å². The summed E-state index contributed by atoms with van der Waals surface area (Å²) in [7, 11) is 0. The van der Waals surface area contributed by atoms with Crippen LogP contribution in [0.1, 0.15) is 12.8 Å². The molecule has 0 aliphatic rings. The van der Waals surface area contributed by atoms with E-state index in [2.05, 4.69) is 5.32 Å². The van der Waals surface area contributed by atoms with Gasteiger partial charge in [0.1, 0.15) is 5.75 Å². The molecule has 0 spiro atoms. The molecule has 0 aromatic heterocycles. The Morgan fingerprint density at radius 1 is 1.24 bits per heavy atom. The highest BCUT2D eigenvalue weighted by Gasteiger charge is 2.02. The van der Waals surface area contributed by atoms with Gasteiger partial charge in [0.2, 0.25) is 0 Å². The average molecular weight is 237 g/mol. The van der Waals surface area contributed by atoms with Crippen molar-refractivity contribution in [1.82, 2.24) is 5.32 Å². The summed E-state index contributed by atoms with van der Waals surface area (Å²) < 4.78 is 5.22. The number of carbonyl (C=O) groups is 2. The molecule has 17 heavy (non-hydrogen) atoms. The van der Waals surface area contributed by atoms with E-state index in [0.29, 0.717) is 18.7 Å². The molecular formula is C12H15NO4. The van der Waals surface area contributed by atoms with Gasteiger partial charge in [-0.1, -0.05) is 18.2 Å². The van der Waals surface area contributed by atoms with Gasteiger partial charge in [-0.2, -0.15) is 0 Å². The Bertz CT molecular complexity index is 364. The van der Waals surface area contributed by atoms with Crippen molar-refractivity contribution in [2.24, 2.45) is 0 Å². The van der Waals surface area contributed by atoms with Crippen LogP contribution in [0.2, 0.25) is 0 Å².